The molecule has 116 valence electrons. The minimum atomic E-state index is -0.172. The molecule has 2 rings (SSSR count). The summed E-state index contributed by atoms with van der Waals surface area (Å²) in [6, 6.07) is 19.6. The maximum Gasteiger partial charge on any atom is 0.315 e. The Labute approximate surface area is 131 Å². The van der Waals surface area contributed by atoms with Crippen LogP contribution in [0, 0.1) is 0 Å². The van der Waals surface area contributed by atoms with Crippen LogP contribution in [-0.2, 0) is 4.74 Å². The van der Waals surface area contributed by atoms with Gasteiger partial charge in [0, 0.05) is 20.3 Å². The van der Waals surface area contributed by atoms with E-state index < -0.39 is 0 Å². The van der Waals surface area contributed by atoms with Crippen molar-refractivity contribution in [2.24, 2.45) is 0 Å². The van der Waals surface area contributed by atoms with Crippen LogP contribution >= 0.6 is 0 Å². The van der Waals surface area contributed by atoms with Gasteiger partial charge in [0.15, 0.2) is 0 Å². The molecule has 2 aromatic rings. The highest BCUT2D eigenvalue weighted by Crippen LogP contribution is 2.21. The molecule has 0 radical (unpaired) electrons. The minimum absolute atomic E-state index is 0.162. The summed E-state index contributed by atoms with van der Waals surface area (Å²) in [5, 5.41) is 5.89. The van der Waals surface area contributed by atoms with Crippen LogP contribution in [0.2, 0.25) is 0 Å². The lowest BCUT2D eigenvalue weighted by atomic mass is 9.99. The molecule has 4 heteroatoms. The van der Waals surface area contributed by atoms with Gasteiger partial charge in [-0.25, -0.2) is 4.79 Å². The first-order chi connectivity index (χ1) is 10.8. The third-order valence-electron chi connectivity index (χ3n) is 3.35. The Morgan fingerprint density at radius 3 is 2.05 bits per heavy atom. The van der Waals surface area contributed by atoms with E-state index >= 15 is 0 Å². The topological polar surface area (TPSA) is 50.4 Å². The van der Waals surface area contributed by atoms with E-state index in [0.29, 0.717) is 13.2 Å². The van der Waals surface area contributed by atoms with Crippen LogP contribution in [-0.4, -0.2) is 26.3 Å². The average Bonchev–Trinajstić information content (AvgIpc) is 2.58. The van der Waals surface area contributed by atoms with E-state index in [1.54, 1.807) is 7.11 Å². The Morgan fingerprint density at radius 1 is 1.00 bits per heavy atom. The zero-order valence-corrected chi connectivity index (χ0v) is 12.8. The van der Waals surface area contributed by atoms with Crippen LogP contribution < -0.4 is 10.6 Å². The van der Waals surface area contributed by atoms with E-state index in [-0.39, 0.29) is 12.1 Å². The predicted molar refractivity (Wildman–Crippen MR) is 87.8 cm³/mol. The fraction of sp³-hybridized carbons (Fsp3) is 0.278. The highest BCUT2D eigenvalue weighted by atomic mass is 16.5. The molecule has 0 saturated heterocycles. The Bertz CT molecular complexity index is 518. The summed E-state index contributed by atoms with van der Waals surface area (Å²) >= 11 is 0. The molecule has 0 atom stereocenters. The van der Waals surface area contributed by atoms with Crippen molar-refractivity contribution in [1.82, 2.24) is 10.6 Å². The number of amides is 2. The van der Waals surface area contributed by atoms with Gasteiger partial charge in [0.1, 0.15) is 0 Å². The Hall–Kier alpha value is -2.33. The van der Waals surface area contributed by atoms with Crippen LogP contribution in [0.5, 0.6) is 0 Å². The molecule has 0 bridgehead atoms. The summed E-state index contributed by atoms with van der Waals surface area (Å²) in [6.07, 6.45) is 0.797. The second kappa shape index (κ2) is 8.85. The lowest BCUT2D eigenvalue weighted by molar-refractivity contribution is 0.193. The summed E-state index contributed by atoms with van der Waals surface area (Å²) < 4.78 is 4.97. The van der Waals surface area contributed by atoms with Gasteiger partial charge in [0.2, 0.25) is 0 Å². The fourth-order valence-electron chi connectivity index (χ4n) is 2.25. The number of hydrogen-bond donors (Lipinski definition) is 2. The summed E-state index contributed by atoms with van der Waals surface area (Å²) in [7, 11) is 1.65. The van der Waals surface area contributed by atoms with Gasteiger partial charge in [-0.05, 0) is 17.5 Å². The Balaban J connectivity index is 2.04. The first-order valence-electron chi connectivity index (χ1n) is 7.44. The van der Waals surface area contributed by atoms with Crippen LogP contribution in [0.15, 0.2) is 60.7 Å². The van der Waals surface area contributed by atoms with Crippen molar-refractivity contribution in [3.63, 3.8) is 0 Å². The second-order valence-electron chi connectivity index (χ2n) is 5.00. The van der Waals surface area contributed by atoms with E-state index in [2.05, 4.69) is 10.6 Å². The molecule has 0 aliphatic rings. The second-order valence-corrected chi connectivity index (χ2v) is 5.00. The van der Waals surface area contributed by atoms with Gasteiger partial charge >= 0.3 is 6.03 Å². The van der Waals surface area contributed by atoms with E-state index in [0.717, 1.165) is 17.5 Å². The van der Waals surface area contributed by atoms with Crippen molar-refractivity contribution < 1.29 is 9.53 Å². The van der Waals surface area contributed by atoms with Gasteiger partial charge in [-0.1, -0.05) is 60.7 Å². The maximum absolute atomic E-state index is 12.1. The minimum Gasteiger partial charge on any atom is -0.385 e. The molecule has 4 nitrogen and oxygen atoms in total. The smallest absolute Gasteiger partial charge is 0.315 e. The largest absolute Gasteiger partial charge is 0.385 e. The van der Waals surface area contributed by atoms with Crippen molar-refractivity contribution in [2.75, 3.05) is 20.3 Å². The van der Waals surface area contributed by atoms with E-state index in [4.69, 9.17) is 4.74 Å². The molecule has 2 N–H and O–H groups in total. The van der Waals surface area contributed by atoms with Gasteiger partial charge in [-0.3, -0.25) is 0 Å². The fourth-order valence-corrected chi connectivity index (χ4v) is 2.25. The number of urea groups is 1. The molecule has 0 fully saturated rings. The van der Waals surface area contributed by atoms with E-state index in [9.17, 15) is 4.79 Å². The van der Waals surface area contributed by atoms with Crippen LogP contribution in [0.4, 0.5) is 4.79 Å². The number of hydrogen-bond acceptors (Lipinski definition) is 2. The van der Waals surface area contributed by atoms with E-state index in [1.807, 2.05) is 60.7 Å². The molecule has 22 heavy (non-hydrogen) atoms. The summed E-state index contributed by atoms with van der Waals surface area (Å²) in [5.41, 5.74) is 2.11. The van der Waals surface area contributed by atoms with Crippen LogP contribution in [0.25, 0.3) is 0 Å². The van der Waals surface area contributed by atoms with Gasteiger partial charge in [0.05, 0.1) is 6.04 Å². The third-order valence-corrected chi connectivity index (χ3v) is 3.35. The number of nitrogens with one attached hydrogen (secondary N) is 2. The maximum atomic E-state index is 12.1. The molecular weight excluding hydrogens is 276 g/mol. The molecule has 0 aliphatic carbocycles. The van der Waals surface area contributed by atoms with Crippen LogP contribution in [0.1, 0.15) is 23.6 Å². The molecule has 0 aliphatic heterocycles. The molecule has 0 spiro atoms. The average molecular weight is 298 g/mol. The number of methoxy groups -OCH3 is 1. The quantitative estimate of drug-likeness (QED) is 0.772. The first-order valence-corrected chi connectivity index (χ1v) is 7.44. The number of ether oxygens (including phenoxy) is 1. The zero-order valence-electron chi connectivity index (χ0n) is 12.8. The lowest BCUT2D eigenvalue weighted by Crippen LogP contribution is -2.39. The first kappa shape index (κ1) is 16.0. The highest BCUT2D eigenvalue weighted by molar-refractivity contribution is 5.75. The molecule has 0 saturated carbocycles. The van der Waals surface area contributed by atoms with Gasteiger partial charge < -0.3 is 15.4 Å². The monoisotopic (exact) mass is 298 g/mol. The number of benzene rings is 2. The van der Waals surface area contributed by atoms with Gasteiger partial charge in [-0.2, -0.15) is 0 Å². The predicted octanol–water partition coefficient (Wildman–Crippen LogP) is 3.11. The summed E-state index contributed by atoms with van der Waals surface area (Å²) in [6.45, 7) is 1.23. The number of carbonyl (C=O) groups excluding carboxylic acids is 1. The number of carbonyl (C=O) groups is 1. The summed E-state index contributed by atoms with van der Waals surface area (Å²) in [5.74, 6) is 0. The molecule has 0 aromatic heterocycles. The van der Waals surface area contributed by atoms with Crippen molar-refractivity contribution in [1.29, 1.82) is 0 Å². The summed E-state index contributed by atoms with van der Waals surface area (Å²) in [4.78, 5) is 12.1. The van der Waals surface area contributed by atoms with Crippen molar-refractivity contribution in [2.45, 2.75) is 12.5 Å². The lowest BCUT2D eigenvalue weighted by Gasteiger charge is -2.20. The van der Waals surface area contributed by atoms with Crippen LogP contribution in [0.3, 0.4) is 0 Å². The SMILES string of the molecule is COCCCNC(=O)NC(c1ccccc1)c1ccccc1. The molecule has 2 aromatic carbocycles. The van der Waals surface area contributed by atoms with Gasteiger partial charge in [0.25, 0.3) is 0 Å². The van der Waals surface area contributed by atoms with Crippen molar-refractivity contribution >= 4 is 6.03 Å². The van der Waals surface area contributed by atoms with Crippen molar-refractivity contribution in [3.8, 4) is 0 Å². The zero-order chi connectivity index (χ0) is 15.6. The molecule has 0 unspecified atom stereocenters. The normalized spacial score (nSPS) is 10.5. The van der Waals surface area contributed by atoms with Gasteiger partial charge in [-0.15, -0.1) is 0 Å². The van der Waals surface area contributed by atoms with E-state index in [1.165, 1.54) is 0 Å². The van der Waals surface area contributed by atoms with Crippen molar-refractivity contribution in [3.05, 3.63) is 71.8 Å². The number of rotatable bonds is 7. The Kier molecular flexibility index (Phi) is 6.45. The molecular formula is C18H22N2O2. The molecule has 0 heterocycles. The highest BCUT2D eigenvalue weighted by Gasteiger charge is 2.15. The Morgan fingerprint density at radius 2 is 1.55 bits per heavy atom. The third kappa shape index (κ3) is 4.90. The standard InChI is InChI=1S/C18H22N2O2/c1-22-14-8-13-19-18(21)20-17(15-9-4-2-5-10-15)16-11-6-3-7-12-16/h2-7,9-12,17H,8,13-14H2,1H3,(H2,19,20,21). The molecule has 2 amide bonds.